The van der Waals surface area contributed by atoms with E-state index in [-0.39, 0.29) is 0 Å². The van der Waals surface area contributed by atoms with E-state index in [1.807, 2.05) is 0 Å². The molecule has 0 heterocycles. The van der Waals surface area contributed by atoms with Crippen molar-refractivity contribution in [2.24, 2.45) is 5.41 Å². The van der Waals surface area contributed by atoms with Crippen LogP contribution >= 0.6 is 0 Å². The van der Waals surface area contributed by atoms with Crippen LogP contribution in [0.3, 0.4) is 0 Å². The van der Waals surface area contributed by atoms with Crippen LogP contribution in [0.4, 0.5) is 0 Å². The molecule has 0 nitrogen and oxygen atoms in total. The minimum atomic E-state index is 0.668. The van der Waals surface area contributed by atoms with Crippen LogP contribution in [-0.2, 0) is 0 Å². The molecule has 1 aromatic rings. The lowest BCUT2D eigenvalue weighted by molar-refractivity contribution is 0.159. The quantitative estimate of drug-likeness (QED) is 0.647. The molecule has 94 valence electrons. The highest BCUT2D eigenvalue weighted by Crippen LogP contribution is 2.46. The van der Waals surface area contributed by atoms with E-state index < -0.39 is 0 Å². The molecule has 0 N–H and O–H groups in total. The van der Waals surface area contributed by atoms with Crippen LogP contribution in [-0.4, -0.2) is 0 Å². The highest BCUT2D eigenvalue weighted by atomic mass is 14.4. The molecule has 0 spiro atoms. The molecular weight excluding hydrogens is 204 g/mol. The number of hydrogen-bond acceptors (Lipinski definition) is 0. The summed E-state index contributed by atoms with van der Waals surface area (Å²) >= 11 is 0. The molecule has 0 aromatic heterocycles. The molecule has 1 saturated carbocycles. The van der Waals surface area contributed by atoms with Crippen LogP contribution in [0.2, 0.25) is 0 Å². The van der Waals surface area contributed by atoms with Crippen LogP contribution in [0.5, 0.6) is 0 Å². The van der Waals surface area contributed by atoms with Crippen molar-refractivity contribution < 1.29 is 0 Å². The van der Waals surface area contributed by atoms with Gasteiger partial charge in [0.15, 0.2) is 0 Å². The van der Waals surface area contributed by atoms with Crippen molar-refractivity contribution in [3.8, 4) is 0 Å². The molecule has 0 saturated heterocycles. The second-order valence-electron chi connectivity index (χ2n) is 5.89. The van der Waals surface area contributed by atoms with Gasteiger partial charge in [-0.15, -0.1) is 0 Å². The summed E-state index contributed by atoms with van der Waals surface area (Å²) in [6.45, 7) is 6.91. The summed E-state index contributed by atoms with van der Waals surface area (Å²) in [4.78, 5) is 0. The Morgan fingerprint density at radius 1 is 1.00 bits per heavy atom. The van der Waals surface area contributed by atoms with Gasteiger partial charge < -0.3 is 0 Å². The van der Waals surface area contributed by atoms with Gasteiger partial charge in [-0.2, -0.15) is 0 Å². The standard InChI is InChI=1S/C17H26/c1-4-17(5-2)12-10-16(11-13-17)15-8-6-14(3)7-9-15/h6-9,16H,4-5,10-13H2,1-3H3. The summed E-state index contributed by atoms with van der Waals surface area (Å²) in [6.07, 6.45) is 8.38. The van der Waals surface area contributed by atoms with Gasteiger partial charge in [-0.05, 0) is 49.5 Å². The van der Waals surface area contributed by atoms with Crippen LogP contribution < -0.4 is 0 Å². The SMILES string of the molecule is CCC1(CC)CCC(c2ccc(C)cc2)CC1. The largest absolute Gasteiger partial charge is 0.0649 e. The Morgan fingerprint density at radius 3 is 2.00 bits per heavy atom. The summed E-state index contributed by atoms with van der Waals surface area (Å²) in [5.74, 6) is 0.821. The fourth-order valence-electron chi connectivity index (χ4n) is 3.36. The maximum absolute atomic E-state index is 2.37. The molecule has 1 aliphatic rings. The summed E-state index contributed by atoms with van der Waals surface area (Å²) < 4.78 is 0. The monoisotopic (exact) mass is 230 g/mol. The zero-order valence-corrected chi connectivity index (χ0v) is 11.6. The molecule has 0 atom stereocenters. The lowest BCUT2D eigenvalue weighted by Crippen LogP contribution is -2.25. The fraction of sp³-hybridized carbons (Fsp3) is 0.647. The number of rotatable bonds is 3. The summed E-state index contributed by atoms with van der Waals surface area (Å²) in [5, 5.41) is 0. The molecule has 2 rings (SSSR count). The van der Waals surface area contributed by atoms with E-state index in [0.717, 1.165) is 5.92 Å². The Kier molecular flexibility index (Phi) is 3.91. The normalized spacial score (nSPS) is 20.4. The molecule has 0 amide bonds. The van der Waals surface area contributed by atoms with Crippen LogP contribution in [0.25, 0.3) is 0 Å². The van der Waals surface area contributed by atoms with Gasteiger partial charge in [0.25, 0.3) is 0 Å². The third-order valence-electron chi connectivity index (χ3n) is 5.10. The highest BCUT2D eigenvalue weighted by Gasteiger charge is 2.32. The molecule has 1 fully saturated rings. The van der Waals surface area contributed by atoms with E-state index in [9.17, 15) is 0 Å². The van der Waals surface area contributed by atoms with Gasteiger partial charge in [-0.25, -0.2) is 0 Å². The maximum Gasteiger partial charge on any atom is -0.0162 e. The topological polar surface area (TPSA) is 0 Å². The van der Waals surface area contributed by atoms with E-state index >= 15 is 0 Å². The number of aryl methyl sites for hydroxylation is 1. The first kappa shape index (κ1) is 12.7. The zero-order chi connectivity index (χ0) is 12.3. The van der Waals surface area contributed by atoms with E-state index in [1.165, 1.54) is 44.1 Å². The molecule has 0 bridgehead atoms. The molecule has 1 aliphatic carbocycles. The predicted octanol–water partition coefficient (Wildman–Crippen LogP) is 5.46. The van der Waals surface area contributed by atoms with Crippen molar-refractivity contribution in [1.29, 1.82) is 0 Å². The van der Waals surface area contributed by atoms with E-state index in [2.05, 4.69) is 45.0 Å². The van der Waals surface area contributed by atoms with Crippen molar-refractivity contribution in [3.05, 3.63) is 35.4 Å². The lowest BCUT2D eigenvalue weighted by Gasteiger charge is -2.39. The molecular formula is C17H26. The van der Waals surface area contributed by atoms with E-state index in [1.54, 1.807) is 5.56 Å². The van der Waals surface area contributed by atoms with Gasteiger partial charge in [0, 0.05) is 0 Å². The maximum atomic E-state index is 2.37. The van der Waals surface area contributed by atoms with Crippen molar-refractivity contribution in [3.63, 3.8) is 0 Å². The minimum absolute atomic E-state index is 0.668. The second-order valence-corrected chi connectivity index (χ2v) is 5.89. The van der Waals surface area contributed by atoms with Gasteiger partial charge in [0.2, 0.25) is 0 Å². The van der Waals surface area contributed by atoms with Gasteiger partial charge >= 0.3 is 0 Å². The van der Waals surface area contributed by atoms with Crippen molar-refractivity contribution >= 4 is 0 Å². The second kappa shape index (κ2) is 5.25. The minimum Gasteiger partial charge on any atom is -0.0649 e. The molecule has 0 heteroatoms. The van der Waals surface area contributed by atoms with Crippen LogP contribution in [0.15, 0.2) is 24.3 Å². The van der Waals surface area contributed by atoms with Gasteiger partial charge in [-0.1, -0.05) is 56.5 Å². The Morgan fingerprint density at radius 2 is 1.53 bits per heavy atom. The average molecular weight is 230 g/mol. The van der Waals surface area contributed by atoms with Crippen LogP contribution in [0, 0.1) is 12.3 Å². The van der Waals surface area contributed by atoms with Crippen LogP contribution in [0.1, 0.15) is 69.4 Å². The van der Waals surface area contributed by atoms with Gasteiger partial charge in [-0.3, -0.25) is 0 Å². The third-order valence-corrected chi connectivity index (χ3v) is 5.10. The first-order chi connectivity index (χ1) is 8.19. The van der Waals surface area contributed by atoms with Gasteiger partial charge in [0.05, 0.1) is 0 Å². The van der Waals surface area contributed by atoms with Crippen molar-refractivity contribution in [2.75, 3.05) is 0 Å². The predicted molar refractivity (Wildman–Crippen MR) is 75.4 cm³/mol. The Bertz CT molecular complexity index is 333. The lowest BCUT2D eigenvalue weighted by atomic mass is 9.66. The summed E-state index contributed by atoms with van der Waals surface area (Å²) in [5.41, 5.74) is 3.61. The average Bonchev–Trinajstić information content (AvgIpc) is 2.40. The fourth-order valence-corrected chi connectivity index (χ4v) is 3.36. The highest BCUT2D eigenvalue weighted by molar-refractivity contribution is 5.25. The van der Waals surface area contributed by atoms with Gasteiger partial charge in [0.1, 0.15) is 0 Å². The first-order valence-corrected chi connectivity index (χ1v) is 7.25. The van der Waals surface area contributed by atoms with Crippen molar-refractivity contribution in [2.45, 2.75) is 65.2 Å². The summed E-state index contributed by atoms with van der Waals surface area (Å²) in [7, 11) is 0. The molecule has 0 aliphatic heterocycles. The number of hydrogen-bond donors (Lipinski definition) is 0. The molecule has 0 unspecified atom stereocenters. The summed E-state index contributed by atoms with van der Waals surface area (Å²) in [6, 6.07) is 9.20. The van der Waals surface area contributed by atoms with E-state index in [4.69, 9.17) is 0 Å². The Hall–Kier alpha value is -0.780. The molecule has 0 radical (unpaired) electrons. The molecule has 1 aromatic carbocycles. The Balaban J connectivity index is 2.01. The zero-order valence-electron chi connectivity index (χ0n) is 11.6. The first-order valence-electron chi connectivity index (χ1n) is 7.25. The number of benzene rings is 1. The van der Waals surface area contributed by atoms with Crippen molar-refractivity contribution in [1.82, 2.24) is 0 Å². The van der Waals surface area contributed by atoms with E-state index in [0.29, 0.717) is 5.41 Å². The smallest absolute Gasteiger partial charge is 0.0162 e. The third kappa shape index (κ3) is 2.73. The Labute approximate surface area is 106 Å². The molecule has 17 heavy (non-hydrogen) atoms.